The summed E-state index contributed by atoms with van der Waals surface area (Å²) in [7, 11) is 0. The van der Waals surface area contributed by atoms with Crippen LogP contribution in [0.2, 0.25) is 0 Å². The van der Waals surface area contributed by atoms with Crippen molar-refractivity contribution in [3.8, 4) is 0 Å². The van der Waals surface area contributed by atoms with Crippen molar-refractivity contribution in [3.63, 3.8) is 0 Å². The lowest BCUT2D eigenvalue weighted by atomic mass is 10.2. The highest BCUT2D eigenvalue weighted by molar-refractivity contribution is 7.11. The van der Waals surface area contributed by atoms with E-state index >= 15 is 0 Å². The van der Waals surface area contributed by atoms with Gasteiger partial charge >= 0.3 is 0 Å². The number of nitrogens with one attached hydrogen (secondary N) is 1. The predicted octanol–water partition coefficient (Wildman–Crippen LogP) is 2.63. The molecule has 0 unspecified atom stereocenters. The minimum Gasteiger partial charge on any atom is -0.346 e. The average molecular weight is 277 g/mol. The molecule has 0 aromatic carbocycles. The van der Waals surface area contributed by atoms with Crippen LogP contribution in [0.3, 0.4) is 0 Å². The van der Waals surface area contributed by atoms with E-state index in [0.29, 0.717) is 12.5 Å². The van der Waals surface area contributed by atoms with Gasteiger partial charge in [-0.2, -0.15) is 5.10 Å². The van der Waals surface area contributed by atoms with E-state index in [0.717, 1.165) is 35.7 Å². The van der Waals surface area contributed by atoms with Gasteiger partial charge in [-0.05, 0) is 19.3 Å². The lowest BCUT2D eigenvalue weighted by Gasteiger charge is -2.06. The molecule has 0 spiro atoms. The zero-order valence-corrected chi connectivity index (χ0v) is 12.4. The maximum Gasteiger partial charge on any atom is 0.243 e. The summed E-state index contributed by atoms with van der Waals surface area (Å²) in [4.78, 5) is 10.2. The summed E-state index contributed by atoms with van der Waals surface area (Å²) in [5.41, 5.74) is 2.00. The number of hydrogen-bond donors (Lipinski definition) is 1. The molecule has 0 aliphatic carbocycles. The Kier molecular flexibility index (Phi) is 4.79. The second kappa shape index (κ2) is 6.56. The van der Waals surface area contributed by atoms with Gasteiger partial charge in [-0.1, -0.05) is 20.8 Å². The summed E-state index contributed by atoms with van der Waals surface area (Å²) in [5, 5.41) is 12.6. The van der Waals surface area contributed by atoms with Gasteiger partial charge < -0.3 is 5.32 Å². The van der Waals surface area contributed by atoms with Crippen molar-refractivity contribution in [2.24, 2.45) is 0 Å². The van der Waals surface area contributed by atoms with Crippen molar-refractivity contribution < 1.29 is 0 Å². The quantitative estimate of drug-likeness (QED) is 0.879. The summed E-state index contributed by atoms with van der Waals surface area (Å²) in [6.45, 7) is 6.94. The first kappa shape index (κ1) is 13.9. The Hall–Kier alpha value is -1.56. The van der Waals surface area contributed by atoms with Crippen LogP contribution in [0, 0.1) is 0 Å². The zero-order valence-electron chi connectivity index (χ0n) is 11.6. The second-order valence-electron chi connectivity index (χ2n) is 4.16. The van der Waals surface area contributed by atoms with Crippen LogP contribution in [0.15, 0.2) is 6.20 Å². The standard InChI is InChI=1S/C13H19N5S/c1-4-9-7-14-12(19-9)8-15-13-16-10(5-2)11(6-3)17-18-13/h7H,4-6,8H2,1-3H3,(H,15,16,18). The molecule has 0 bridgehead atoms. The fourth-order valence-electron chi connectivity index (χ4n) is 1.76. The van der Waals surface area contributed by atoms with E-state index in [9.17, 15) is 0 Å². The molecule has 0 saturated heterocycles. The smallest absolute Gasteiger partial charge is 0.243 e. The Bertz CT molecular complexity index is 538. The molecule has 0 aliphatic heterocycles. The molecule has 0 aliphatic rings. The summed E-state index contributed by atoms with van der Waals surface area (Å²) >= 11 is 1.72. The monoisotopic (exact) mass is 277 g/mol. The largest absolute Gasteiger partial charge is 0.346 e. The van der Waals surface area contributed by atoms with Gasteiger partial charge in [0, 0.05) is 11.1 Å². The molecule has 6 heteroatoms. The second-order valence-corrected chi connectivity index (χ2v) is 5.36. The number of anilines is 1. The Morgan fingerprint density at radius 1 is 1.05 bits per heavy atom. The summed E-state index contributed by atoms with van der Waals surface area (Å²) in [6.07, 6.45) is 4.71. The molecule has 2 aromatic heterocycles. The van der Waals surface area contributed by atoms with E-state index in [1.54, 1.807) is 11.3 Å². The lowest BCUT2D eigenvalue weighted by Crippen LogP contribution is -2.09. The molecular formula is C13H19N5S. The van der Waals surface area contributed by atoms with Gasteiger partial charge in [-0.25, -0.2) is 9.97 Å². The third-order valence-electron chi connectivity index (χ3n) is 2.86. The van der Waals surface area contributed by atoms with Crippen LogP contribution in [0.5, 0.6) is 0 Å². The van der Waals surface area contributed by atoms with E-state index in [2.05, 4.69) is 46.3 Å². The Morgan fingerprint density at radius 3 is 2.47 bits per heavy atom. The van der Waals surface area contributed by atoms with Gasteiger partial charge in [0.05, 0.1) is 17.9 Å². The maximum absolute atomic E-state index is 4.50. The molecule has 19 heavy (non-hydrogen) atoms. The van der Waals surface area contributed by atoms with Gasteiger partial charge in [-0.3, -0.25) is 0 Å². The molecule has 0 saturated carbocycles. The van der Waals surface area contributed by atoms with Crippen LogP contribution in [0.4, 0.5) is 5.95 Å². The van der Waals surface area contributed by atoms with Crippen LogP contribution in [-0.2, 0) is 25.8 Å². The highest BCUT2D eigenvalue weighted by Gasteiger charge is 2.06. The van der Waals surface area contributed by atoms with Gasteiger partial charge in [-0.15, -0.1) is 16.4 Å². The van der Waals surface area contributed by atoms with Crippen molar-refractivity contribution in [3.05, 3.63) is 27.5 Å². The first-order chi connectivity index (χ1) is 9.26. The van der Waals surface area contributed by atoms with Gasteiger partial charge in [0.15, 0.2) is 0 Å². The first-order valence-electron chi connectivity index (χ1n) is 6.66. The molecule has 0 amide bonds. The molecule has 2 rings (SSSR count). The van der Waals surface area contributed by atoms with Crippen LogP contribution < -0.4 is 5.32 Å². The highest BCUT2D eigenvalue weighted by atomic mass is 32.1. The molecule has 0 radical (unpaired) electrons. The van der Waals surface area contributed by atoms with E-state index < -0.39 is 0 Å². The zero-order chi connectivity index (χ0) is 13.7. The van der Waals surface area contributed by atoms with Gasteiger partial charge in [0.1, 0.15) is 5.01 Å². The van der Waals surface area contributed by atoms with E-state index in [4.69, 9.17) is 0 Å². The maximum atomic E-state index is 4.50. The molecule has 2 aromatic rings. The normalized spacial score (nSPS) is 10.7. The third kappa shape index (κ3) is 3.47. The van der Waals surface area contributed by atoms with Crippen LogP contribution in [-0.4, -0.2) is 20.2 Å². The Labute approximate surface area is 117 Å². The van der Waals surface area contributed by atoms with Crippen molar-refractivity contribution in [2.45, 2.75) is 46.6 Å². The van der Waals surface area contributed by atoms with Crippen LogP contribution in [0.25, 0.3) is 0 Å². The van der Waals surface area contributed by atoms with E-state index in [-0.39, 0.29) is 0 Å². The van der Waals surface area contributed by atoms with E-state index in [1.165, 1.54) is 4.88 Å². The molecule has 1 N–H and O–H groups in total. The lowest BCUT2D eigenvalue weighted by molar-refractivity contribution is 0.819. The highest BCUT2D eigenvalue weighted by Crippen LogP contribution is 2.14. The number of rotatable bonds is 6. The average Bonchev–Trinajstić information content (AvgIpc) is 2.92. The van der Waals surface area contributed by atoms with Gasteiger partial charge in [0.2, 0.25) is 5.95 Å². The Morgan fingerprint density at radius 2 is 1.84 bits per heavy atom. The van der Waals surface area contributed by atoms with Crippen molar-refractivity contribution in [1.29, 1.82) is 0 Å². The summed E-state index contributed by atoms with van der Waals surface area (Å²) in [6, 6.07) is 0. The molecule has 0 fully saturated rings. The van der Waals surface area contributed by atoms with E-state index in [1.807, 2.05) is 6.20 Å². The van der Waals surface area contributed by atoms with Crippen molar-refractivity contribution in [2.75, 3.05) is 5.32 Å². The number of nitrogens with zero attached hydrogens (tertiary/aromatic N) is 4. The number of aryl methyl sites for hydroxylation is 3. The predicted molar refractivity (Wildman–Crippen MR) is 77.4 cm³/mol. The Balaban J connectivity index is 2.03. The minimum atomic E-state index is 0.585. The first-order valence-corrected chi connectivity index (χ1v) is 7.48. The summed E-state index contributed by atoms with van der Waals surface area (Å²) < 4.78 is 0. The van der Waals surface area contributed by atoms with Crippen LogP contribution >= 0.6 is 11.3 Å². The minimum absolute atomic E-state index is 0.585. The van der Waals surface area contributed by atoms with Crippen molar-refractivity contribution in [1.82, 2.24) is 20.2 Å². The molecule has 5 nitrogen and oxygen atoms in total. The van der Waals surface area contributed by atoms with Gasteiger partial charge in [0.25, 0.3) is 0 Å². The molecule has 0 atom stereocenters. The van der Waals surface area contributed by atoms with Crippen LogP contribution in [0.1, 0.15) is 42.0 Å². The molecular weight excluding hydrogens is 258 g/mol. The number of thiazole rings is 1. The fraction of sp³-hybridized carbons (Fsp3) is 0.538. The molecule has 2 heterocycles. The number of aromatic nitrogens is 4. The third-order valence-corrected chi connectivity index (χ3v) is 4.00. The topological polar surface area (TPSA) is 63.6 Å². The fourth-order valence-corrected chi connectivity index (χ4v) is 2.56. The SMILES string of the molecule is CCc1cnc(CNc2nnc(CC)c(CC)n2)s1. The van der Waals surface area contributed by atoms with Crippen molar-refractivity contribution >= 4 is 17.3 Å². The number of hydrogen-bond acceptors (Lipinski definition) is 6. The summed E-state index contributed by atoms with van der Waals surface area (Å²) in [5.74, 6) is 0.585. The molecule has 102 valence electrons.